The molecule has 338 valence electrons. The molecule has 5 atom stereocenters. The van der Waals surface area contributed by atoms with Gasteiger partial charge in [-0.05, 0) is 105 Å². The first-order chi connectivity index (χ1) is 29.4. The minimum absolute atomic E-state index is 0.150. The van der Waals surface area contributed by atoms with E-state index in [0.717, 1.165) is 45.0 Å². The molecule has 0 aliphatic carbocycles. The molecule has 3 unspecified atom stereocenters. The average molecular weight is 928 g/mol. The number of nitrogens with zero attached hydrogens (tertiary/aromatic N) is 4. The van der Waals surface area contributed by atoms with E-state index in [0.29, 0.717) is 46.5 Å². The highest BCUT2D eigenvalue weighted by molar-refractivity contribution is 6.31. The third-order valence-electron chi connectivity index (χ3n) is 11.6. The van der Waals surface area contributed by atoms with Crippen molar-refractivity contribution in [2.75, 3.05) is 27.3 Å². The van der Waals surface area contributed by atoms with Crippen LogP contribution < -0.4 is 9.47 Å². The number of alkyl halides is 1. The normalized spacial score (nSPS) is 23.9. The summed E-state index contributed by atoms with van der Waals surface area (Å²) in [7, 11) is 2.62. The van der Waals surface area contributed by atoms with Crippen LogP contribution in [0, 0.1) is 13.8 Å². The number of aromatic nitrogens is 2. The number of pyridine rings is 2. The fourth-order valence-corrected chi connectivity index (χ4v) is 9.85. The van der Waals surface area contributed by atoms with E-state index < -0.39 is 64.0 Å². The monoisotopic (exact) mass is 926 g/mol. The molecule has 4 aromatic rings. The number of carbonyl (C=O) groups excluding carboxylic acids is 4. The van der Waals surface area contributed by atoms with Crippen molar-refractivity contribution in [1.82, 2.24) is 19.8 Å². The number of rotatable bonds is 2. The van der Waals surface area contributed by atoms with E-state index in [1.807, 2.05) is 44.2 Å². The van der Waals surface area contributed by atoms with Gasteiger partial charge in [-0.3, -0.25) is 9.80 Å². The summed E-state index contributed by atoms with van der Waals surface area (Å²) in [6.07, 6.45) is 1.22. The Bertz CT molecular complexity index is 2510. The maximum Gasteiger partial charge on any atom is 0.411 e. The summed E-state index contributed by atoms with van der Waals surface area (Å²) < 4.78 is 34.1. The number of hydrogen-bond donors (Lipinski definition) is 0. The molecule has 17 heteroatoms. The maximum atomic E-state index is 12.9. The van der Waals surface area contributed by atoms with Crippen LogP contribution in [-0.4, -0.2) is 106 Å². The van der Waals surface area contributed by atoms with Crippen LogP contribution in [0.3, 0.4) is 0 Å². The predicted octanol–water partition coefficient (Wildman–Crippen LogP) is 9.62. The summed E-state index contributed by atoms with van der Waals surface area (Å²) in [6.45, 7) is 14.9. The summed E-state index contributed by atoms with van der Waals surface area (Å²) in [5.74, 6) is 0.280. The molecule has 4 aliphatic rings. The van der Waals surface area contributed by atoms with Gasteiger partial charge in [-0.2, -0.15) is 0 Å². The van der Waals surface area contributed by atoms with Crippen LogP contribution in [0.4, 0.5) is 9.59 Å². The molecule has 8 rings (SSSR count). The smallest absolute Gasteiger partial charge is 0.411 e. The fourth-order valence-electron chi connectivity index (χ4n) is 9.01. The van der Waals surface area contributed by atoms with Gasteiger partial charge >= 0.3 is 24.1 Å². The molecular weight excluding hydrogens is 875 g/mol. The van der Waals surface area contributed by atoms with E-state index in [4.69, 9.17) is 63.2 Å². The first-order valence-corrected chi connectivity index (χ1v) is 22.0. The standard InChI is InChI=1S/C23H26Cl2N2O5.C23H27ClN2O5/c1-12-19-18(14-8-13(24)6-7-16(14)26-12)15(25)9-23(31-19)10-17(20(28)30-5)27(11-23)21(29)32-22(2,3)4;1-13-19-15(16-10-14(24)6-7-17(16)25-13)8-9-23(30-19)11-18(20(27)29-5)26(12-23)21(28)31-22(2,3)4/h6-8,15,17H,9-11H2,1-5H3;6-7,10,18H,8-9,11-12H2,1-5H3/t15?,17-,23?;18-,23?/m00/s1. The molecular formula is C46H53Cl3N4O10. The van der Waals surface area contributed by atoms with Crippen LogP contribution in [0.25, 0.3) is 21.8 Å². The van der Waals surface area contributed by atoms with Gasteiger partial charge in [0, 0.05) is 51.2 Å². The second-order valence-corrected chi connectivity index (χ2v) is 20.1. The highest BCUT2D eigenvalue weighted by Crippen LogP contribution is 2.52. The van der Waals surface area contributed by atoms with Crippen molar-refractivity contribution in [3.05, 3.63) is 69.0 Å². The first kappa shape index (κ1) is 46.2. The lowest BCUT2D eigenvalue weighted by molar-refractivity contribution is -0.146. The first-order valence-electron chi connectivity index (χ1n) is 20.8. The summed E-state index contributed by atoms with van der Waals surface area (Å²) >= 11 is 19.4. The van der Waals surface area contributed by atoms with E-state index in [9.17, 15) is 19.2 Å². The van der Waals surface area contributed by atoms with Crippen LogP contribution in [0.5, 0.6) is 11.5 Å². The summed E-state index contributed by atoms with van der Waals surface area (Å²) in [5, 5.41) is 2.60. The topological polar surface area (TPSA) is 156 Å². The van der Waals surface area contributed by atoms with Gasteiger partial charge in [-0.25, -0.2) is 29.1 Å². The van der Waals surface area contributed by atoms with E-state index in [1.54, 1.807) is 47.6 Å². The molecule has 2 spiro atoms. The molecule has 0 bridgehead atoms. The number of likely N-dealkylation sites (tertiary alicyclic amines) is 2. The Balaban J connectivity index is 0.000000189. The van der Waals surface area contributed by atoms with Crippen molar-refractivity contribution < 1.29 is 47.6 Å². The van der Waals surface area contributed by atoms with Crippen LogP contribution in [0.1, 0.15) is 95.1 Å². The van der Waals surface area contributed by atoms with Gasteiger partial charge in [0.1, 0.15) is 46.0 Å². The molecule has 6 heterocycles. The summed E-state index contributed by atoms with van der Waals surface area (Å²) in [6, 6.07) is 9.51. The number of benzene rings is 2. The average Bonchev–Trinajstić information content (AvgIpc) is 3.76. The number of ether oxygens (including phenoxy) is 6. The van der Waals surface area contributed by atoms with Crippen molar-refractivity contribution in [2.45, 2.75) is 127 Å². The molecule has 4 aliphatic heterocycles. The van der Waals surface area contributed by atoms with Crippen molar-refractivity contribution in [3.8, 4) is 11.5 Å². The highest BCUT2D eigenvalue weighted by Gasteiger charge is 2.56. The number of methoxy groups -OCH3 is 2. The molecule has 0 radical (unpaired) electrons. The molecule has 2 aromatic heterocycles. The predicted molar refractivity (Wildman–Crippen MR) is 238 cm³/mol. The number of carbonyl (C=O) groups is 4. The van der Waals surface area contributed by atoms with Crippen molar-refractivity contribution >= 4 is 80.7 Å². The zero-order valence-electron chi connectivity index (χ0n) is 37.2. The van der Waals surface area contributed by atoms with Crippen LogP contribution in [-0.2, 0) is 35.0 Å². The largest absolute Gasteiger partial charge is 0.483 e. The van der Waals surface area contributed by atoms with Crippen LogP contribution in [0.15, 0.2) is 36.4 Å². The fraction of sp³-hybridized carbons (Fsp3) is 0.522. The molecule has 2 saturated heterocycles. The third kappa shape index (κ3) is 9.40. The maximum absolute atomic E-state index is 12.9. The number of aryl methyl sites for hydroxylation is 3. The zero-order valence-corrected chi connectivity index (χ0v) is 39.4. The highest BCUT2D eigenvalue weighted by atomic mass is 35.5. The van der Waals surface area contributed by atoms with Crippen molar-refractivity contribution in [2.24, 2.45) is 0 Å². The summed E-state index contributed by atoms with van der Waals surface area (Å²) in [5.41, 5.74) is 2.04. The Labute approximate surface area is 381 Å². The number of hydrogen-bond acceptors (Lipinski definition) is 12. The van der Waals surface area contributed by atoms with Crippen molar-refractivity contribution in [1.29, 1.82) is 0 Å². The minimum Gasteiger partial charge on any atom is -0.483 e. The lowest BCUT2D eigenvalue weighted by atomic mass is 9.87. The summed E-state index contributed by atoms with van der Waals surface area (Å²) in [4.78, 5) is 62.9. The minimum atomic E-state index is -0.867. The SMILES string of the molecule is COC(=O)[C@@H]1CC2(CC(Cl)c3c(c(C)nc4ccc(Cl)cc34)O2)CN1C(=O)OC(C)(C)C.COC(=O)[C@@H]1CC2(CCc3c(c(C)nc4ccc(Cl)cc34)O2)CN1C(=O)OC(C)(C)C. The van der Waals surface area contributed by atoms with Gasteiger partial charge in [0.15, 0.2) is 0 Å². The third-order valence-corrected chi connectivity index (χ3v) is 12.5. The number of amides is 2. The van der Waals surface area contributed by atoms with Gasteiger partial charge in [-0.15, -0.1) is 11.6 Å². The number of fused-ring (bicyclic) bond motifs is 6. The molecule has 0 N–H and O–H groups in total. The Morgan fingerprint density at radius 2 is 1.16 bits per heavy atom. The lowest BCUT2D eigenvalue weighted by Gasteiger charge is -2.38. The van der Waals surface area contributed by atoms with Crippen molar-refractivity contribution in [3.63, 3.8) is 0 Å². The van der Waals surface area contributed by atoms with Gasteiger partial charge in [0.05, 0.1) is 55.1 Å². The molecule has 0 saturated carbocycles. The Hall–Kier alpha value is -4.79. The lowest BCUT2D eigenvalue weighted by Crippen LogP contribution is -2.46. The molecule has 2 aromatic carbocycles. The quantitative estimate of drug-likeness (QED) is 0.107. The molecule has 63 heavy (non-hydrogen) atoms. The van der Waals surface area contributed by atoms with Gasteiger partial charge < -0.3 is 28.4 Å². The molecule has 2 fully saturated rings. The number of esters is 2. The van der Waals surface area contributed by atoms with E-state index in [-0.39, 0.29) is 19.5 Å². The Kier molecular flexibility index (Phi) is 12.4. The second kappa shape index (κ2) is 17.0. The second-order valence-electron chi connectivity index (χ2n) is 18.7. The number of halogens is 3. The molecule has 2 amide bonds. The van der Waals surface area contributed by atoms with Gasteiger partial charge in [-0.1, -0.05) is 23.2 Å². The van der Waals surface area contributed by atoms with E-state index in [2.05, 4.69) is 9.97 Å². The van der Waals surface area contributed by atoms with Crippen LogP contribution >= 0.6 is 34.8 Å². The Morgan fingerprint density at radius 1 is 0.698 bits per heavy atom. The zero-order chi connectivity index (χ0) is 46.0. The molecule has 14 nitrogen and oxygen atoms in total. The van der Waals surface area contributed by atoms with Gasteiger partial charge in [0.25, 0.3) is 0 Å². The van der Waals surface area contributed by atoms with Crippen LogP contribution in [0.2, 0.25) is 10.0 Å². The van der Waals surface area contributed by atoms with E-state index >= 15 is 0 Å². The Morgan fingerprint density at radius 3 is 1.68 bits per heavy atom. The van der Waals surface area contributed by atoms with Gasteiger partial charge in [0.2, 0.25) is 0 Å². The van der Waals surface area contributed by atoms with E-state index in [1.165, 1.54) is 24.0 Å².